The van der Waals surface area contributed by atoms with Crippen molar-refractivity contribution in [2.45, 2.75) is 76.1 Å². The Morgan fingerprint density at radius 3 is 1.63 bits per heavy atom. The number of rotatable bonds is 17. The van der Waals surface area contributed by atoms with Crippen molar-refractivity contribution in [3.63, 3.8) is 0 Å². The summed E-state index contributed by atoms with van der Waals surface area (Å²) in [6, 6.07) is 37.3. The summed E-state index contributed by atoms with van der Waals surface area (Å²) in [5.41, 5.74) is 2.32. The summed E-state index contributed by atoms with van der Waals surface area (Å²) in [7, 11) is 0. The van der Waals surface area contributed by atoms with Crippen LogP contribution in [0.3, 0.4) is 0 Å². The molecule has 240 valence electrons. The van der Waals surface area contributed by atoms with E-state index in [2.05, 4.69) is 22.9 Å². The van der Waals surface area contributed by atoms with Gasteiger partial charge in [0.05, 0.1) is 6.04 Å². The van der Waals surface area contributed by atoms with Gasteiger partial charge >= 0.3 is 0 Å². The van der Waals surface area contributed by atoms with E-state index >= 15 is 0 Å². The van der Waals surface area contributed by atoms with Crippen LogP contribution < -0.4 is 16.0 Å². The van der Waals surface area contributed by atoms with Gasteiger partial charge in [0.1, 0.15) is 5.54 Å². The van der Waals surface area contributed by atoms with Crippen LogP contribution in [0.1, 0.15) is 74.1 Å². The smallest absolute Gasteiger partial charge is 0.251 e. The third kappa shape index (κ3) is 9.38. The molecular weight excluding hydrogens is 574 g/mol. The van der Waals surface area contributed by atoms with Crippen LogP contribution in [0.4, 0.5) is 0 Å². The average Bonchev–Trinajstić information content (AvgIpc) is 3.10. The molecule has 0 aromatic heterocycles. The number of carbonyl (C=O) groups excluding carboxylic acids is 3. The Hall–Kier alpha value is -4.75. The minimum Gasteiger partial charge on any atom is -0.381 e. The molecule has 0 spiro atoms. The van der Waals surface area contributed by atoms with Crippen molar-refractivity contribution in [3.8, 4) is 0 Å². The summed E-state index contributed by atoms with van der Waals surface area (Å²) in [5, 5.41) is 20.1. The molecule has 4 N–H and O–H groups in total. The molecule has 7 nitrogen and oxygen atoms in total. The standard InChI is InChI=1S/C39H45N3O4/c1-2-3-4-5-18-27-35(43)41-34(37(45)38(46)40-29-30-19-10-6-11-20-30)28-36(44)42-39(31-21-12-7-13-22-31,32-23-14-8-15-24-32)33-25-16-9-17-26-33/h6-17,19-26,34,37,45H,2-5,18,27-29H2,1H3,(H,40,46)(H,41,43)(H,42,44)/t34-,37?/m1/s1. The van der Waals surface area contributed by atoms with E-state index in [1.165, 1.54) is 0 Å². The van der Waals surface area contributed by atoms with Gasteiger partial charge in [0.25, 0.3) is 5.91 Å². The second kappa shape index (κ2) is 17.7. The van der Waals surface area contributed by atoms with Gasteiger partial charge in [-0.2, -0.15) is 0 Å². The molecule has 0 aliphatic rings. The zero-order valence-electron chi connectivity index (χ0n) is 26.5. The van der Waals surface area contributed by atoms with Crippen LogP contribution in [0.5, 0.6) is 0 Å². The summed E-state index contributed by atoms with van der Waals surface area (Å²) in [6.45, 7) is 2.34. The lowest BCUT2D eigenvalue weighted by Gasteiger charge is -2.37. The van der Waals surface area contributed by atoms with Gasteiger partial charge in [0, 0.05) is 19.4 Å². The van der Waals surface area contributed by atoms with Crippen molar-refractivity contribution in [1.82, 2.24) is 16.0 Å². The summed E-state index contributed by atoms with van der Waals surface area (Å²) >= 11 is 0. The molecule has 2 atom stereocenters. The van der Waals surface area contributed by atoms with Crippen molar-refractivity contribution < 1.29 is 19.5 Å². The third-order valence-electron chi connectivity index (χ3n) is 8.17. The molecule has 0 bridgehead atoms. The number of nitrogens with one attached hydrogen (secondary N) is 3. The van der Waals surface area contributed by atoms with E-state index < -0.39 is 29.5 Å². The zero-order valence-corrected chi connectivity index (χ0v) is 26.5. The fourth-order valence-electron chi connectivity index (χ4n) is 5.72. The van der Waals surface area contributed by atoms with Crippen molar-refractivity contribution in [2.24, 2.45) is 0 Å². The largest absolute Gasteiger partial charge is 0.381 e. The van der Waals surface area contributed by atoms with E-state index in [0.717, 1.165) is 47.9 Å². The second-order valence-electron chi connectivity index (χ2n) is 11.6. The molecule has 46 heavy (non-hydrogen) atoms. The number of unbranched alkanes of at least 4 members (excludes halogenated alkanes) is 4. The van der Waals surface area contributed by atoms with Gasteiger partial charge in [-0.1, -0.05) is 154 Å². The lowest BCUT2D eigenvalue weighted by atomic mass is 9.77. The number of aliphatic hydroxyl groups is 1. The van der Waals surface area contributed by atoms with Crippen LogP contribution in [0, 0.1) is 0 Å². The number of benzene rings is 4. The first-order valence-electron chi connectivity index (χ1n) is 16.2. The quantitative estimate of drug-likeness (QED) is 0.0858. The lowest BCUT2D eigenvalue weighted by Crippen LogP contribution is -2.54. The Bertz CT molecular complexity index is 1400. The highest BCUT2D eigenvalue weighted by Crippen LogP contribution is 2.37. The van der Waals surface area contributed by atoms with Gasteiger partial charge in [0.15, 0.2) is 6.10 Å². The highest BCUT2D eigenvalue weighted by Gasteiger charge is 2.39. The minimum atomic E-state index is -1.64. The second-order valence-corrected chi connectivity index (χ2v) is 11.6. The predicted molar refractivity (Wildman–Crippen MR) is 182 cm³/mol. The molecule has 7 heteroatoms. The molecule has 0 saturated carbocycles. The number of aliphatic hydroxyl groups excluding tert-OH is 1. The molecule has 4 aromatic rings. The van der Waals surface area contributed by atoms with Crippen molar-refractivity contribution >= 4 is 17.7 Å². The zero-order chi connectivity index (χ0) is 32.6. The maximum Gasteiger partial charge on any atom is 0.251 e. The van der Waals surface area contributed by atoms with Gasteiger partial charge < -0.3 is 21.1 Å². The summed E-state index contributed by atoms with van der Waals surface area (Å²) < 4.78 is 0. The fourth-order valence-corrected chi connectivity index (χ4v) is 5.72. The molecule has 0 radical (unpaired) electrons. The lowest BCUT2D eigenvalue weighted by molar-refractivity contribution is -0.133. The minimum absolute atomic E-state index is 0.208. The van der Waals surface area contributed by atoms with E-state index in [9.17, 15) is 19.5 Å². The van der Waals surface area contributed by atoms with Crippen LogP contribution >= 0.6 is 0 Å². The normalized spacial score (nSPS) is 12.5. The monoisotopic (exact) mass is 619 g/mol. The topological polar surface area (TPSA) is 108 Å². The fraction of sp³-hybridized carbons (Fsp3) is 0.308. The van der Waals surface area contributed by atoms with Gasteiger partial charge in [-0.05, 0) is 28.7 Å². The molecule has 1 unspecified atom stereocenters. The maximum atomic E-state index is 14.1. The van der Waals surface area contributed by atoms with Gasteiger partial charge in [-0.25, -0.2) is 0 Å². The van der Waals surface area contributed by atoms with Crippen molar-refractivity contribution in [2.75, 3.05) is 0 Å². The number of amides is 3. The van der Waals surface area contributed by atoms with E-state index in [4.69, 9.17) is 0 Å². The molecule has 0 aliphatic heterocycles. The van der Waals surface area contributed by atoms with E-state index in [1.807, 2.05) is 121 Å². The Morgan fingerprint density at radius 2 is 1.13 bits per heavy atom. The van der Waals surface area contributed by atoms with Gasteiger partial charge in [0.2, 0.25) is 11.8 Å². The van der Waals surface area contributed by atoms with E-state index in [1.54, 1.807) is 0 Å². The van der Waals surface area contributed by atoms with Crippen LogP contribution in [0.25, 0.3) is 0 Å². The highest BCUT2D eigenvalue weighted by molar-refractivity contribution is 5.86. The van der Waals surface area contributed by atoms with Gasteiger partial charge in [-0.3, -0.25) is 14.4 Å². The first kappa shape index (κ1) is 34.1. The molecule has 4 rings (SSSR count). The summed E-state index contributed by atoms with van der Waals surface area (Å²) in [5.74, 6) is -1.39. The molecule has 0 heterocycles. The van der Waals surface area contributed by atoms with E-state index in [-0.39, 0.29) is 25.3 Å². The van der Waals surface area contributed by atoms with Crippen molar-refractivity contribution in [1.29, 1.82) is 0 Å². The van der Waals surface area contributed by atoms with Crippen molar-refractivity contribution in [3.05, 3.63) is 144 Å². The predicted octanol–water partition coefficient (Wildman–Crippen LogP) is 6.01. The maximum absolute atomic E-state index is 14.1. The first-order chi connectivity index (χ1) is 22.4. The first-order valence-corrected chi connectivity index (χ1v) is 16.2. The average molecular weight is 620 g/mol. The van der Waals surface area contributed by atoms with Crippen LogP contribution in [-0.4, -0.2) is 35.0 Å². The third-order valence-corrected chi connectivity index (χ3v) is 8.17. The number of hydrogen-bond acceptors (Lipinski definition) is 4. The SMILES string of the molecule is CCCCCCCC(=O)N[C@H](CC(=O)NC(c1ccccc1)(c1ccccc1)c1ccccc1)C(O)C(=O)NCc1ccccc1. The van der Waals surface area contributed by atoms with Crippen LogP contribution in [-0.2, 0) is 26.5 Å². The summed E-state index contributed by atoms with van der Waals surface area (Å²) in [4.78, 5) is 40.3. The Morgan fingerprint density at radius 1 is 0.652 bits per heavy atom. The van der Waals surface area contributed by atoms with Gasteiger partial charge in [-0.15, -0.1) is 0 Å². The van der Waals surface area contributed by atoms with Crippen LogP contribution in [0.2, 0.25) is 0 Å². The number of hydrogen-bond donors (Lipinski definition) is 4. The molecule has 4 aromatic carbocycles. The molecular formula is C39H45N3O4. The molecule has 0 fully saturated rings. The Kier molecular flexibility index (Phi) is 13.1. The highest BCUT2D eigenvalue weighted by atomic mass is 16.3. The Balaban J connectivity index is 1.60. The molecule has 3 amide bonds. The molecule has 0 saturated heterocycles. The summed E-state index contributed by atoms with van der Waals surface area (Å²) in [6.07, 6.45) is 3.16. The number of carbonyl (C=O) groups is 3. The van der Waals surface area contributed by atoms with Crippen LogP contribution in [0.15, 0.2) is 121 Å². The molecule has 0 aliphatic carbocycles. The Labute approximate surface area is 272 Å². The van der Waals surface area contributed by atoms with E-state index in [0.29, 0.717) is 6.42 Å².